The molecule has 2 nitrogen and oxygen atoms in total. The number of methoxy groups -OCH3 is 1. The van der Waals surface area contributed by atoms with Crippen molar-refractivity contribution < 1.29 is 9.13 Å². The normalized spacial score (nSPS) is 14.6. The number of halogens is 2. The van der Waals surface area contributed by atoms with Crippen LogP contribution in [0.25, 0.3) is 0 Å². The van der Waals surface area contributed by atoms with Gasteiger partial charge in [0.1, 0.15) is 5.82 Å². The first kappa shape index (κ1) is 14.4. The van der Waals surface area contributed by atoms with E-state index in [1.54, 1.807) is 19.2 Å². The van der Waals surface area contributed by atoms with Crippen molar-refractivity contribution in [3.05, 3.63) is 34.6 Å². The van der Waals surface area contributed by atoms with Crippen molar-refractivity contribution in [1.29, 1.82) is 0 Å². The Bertz CT molecular complexity index is 359. The standard InChI is InChI=1S/C13H19ClFNO/c1-4-11(8-17-3)16-9(2)10-5-6-13(15)12(14)7-10/h5-7,9,11,16H,4,8H2,1-3H3. The highest BCUT2D eigenvalue weighted by Gasteiger charge is 2.12. The molecule has 1 N–H and O–H groups in total. The summed E-state index contributed by atoms with van der Waals surface area (Å²) in [5.41, 5.74) is 0.978. The van der Waals surface area contributed by atoms with Gasteiger partial charge >= 0.3 is 0 Å². The number of rotatable bonds is 6. The van der Waals surface area contributed by atoms with Gasteiger partial charge < -0.3 is 10.1 Å². The maximum absolute atomic E-state index is 13.0. The maximum atomic E-state index is 13.0. The van der Waals surface area contributed by atoms with Gasteiger partial charge in [0.2, 0.25) is 0 Å². The SMILES string of the molecule is CCC(COC)NC(C)c1ccc(F)c(Cl)c1. The Labute approximate surface area is 107 Å². The lowest BCUT2D eigenvalue weighted by Crippen LogP contribution is -2.34. The Morgan fingerprint density at radius 3 is 2.71 bits per heavy atom. The predicted molar refractivity (Wildman–Crippen MR) is 68.9 cm³/mol. The van der Waals surface area contributed by atoms with Crippen LogP contribution >= 0.6 is 11.6 Å². The van der Waals surface area contributed by atoms with Gasteiger partial charge in [-0.2, -0.15) is 0 Å². The van der Waals surface area contributed by atoms with Crippen LogP contribution in [0.4, 0.5) is 4.39 Å². The first-order valence-electron chi connectivity index (χ1n) is 5.78. The van der Waals surface area contributed by atoms with Crippen LogP contribution in [0.1, 0.15) is 31.9 Å². The highest BCUT2D eigenvalue weighted by Crippen LogP contribution is 2.21. The van der Waals surface area contributed by atoms with Crippen LogP contribution in [0, 0.1) is 5.82 Å². The van der Waals surface area contributed by atoms with E-state index in [0.29, 0.717) is 12.6 Å². The Balaban J connectivity index is 2.68. The summed E-state index contributed by atoms with van der Waals surface area (Å²) in [6.07, 6.45) is 0.979. The lowest BCUT2D eigenvalue weighted by Gasteiger charge is -2.22. The van der Waals surface area contributed by atoms with Crippen molar-refractivity contribution in [2.24, 2.45) is 0 Å². The van der Waals surface area contributed by atoms with Crippen molar-refractivity contribution in [2.45, 2.75) is 32.4 Å². The van der Waals surface area contributed by atoms with Crippen molar-refractivity contribution in [2.75, 3.05) is 13.7 Å². The number of hydrogen-bond acceptors (Lipinski definition) is 2. The Morgan fingerprint density at radius 2 is 2.18 bits per heavy atom. The molecule has 0 aliphatic carbocycles. The molecular formula is C13H19ClFNO. The van der Waals surface area contributed by atoms with Crippen LogP contribution in [0.15, 0.2) is 18.2 Å². The van der Waals surface area contributed by atoms with Gasteiger partial charge in [0.15, 0.2) is 0 Å². The van der Waals surface area contributed by atoms with Gasteiger partial charge in [0.25, 0.3) is 0 Å². The summed E-state index contributed by atoms with van der Waals surface area (Å²) in [7, 11) is 1.68. The van der Waals surface area contributed by atoms with Crippen molar-refractivity contribution >= 4 is 11.6 Å². The number of nitrogens with one attached hydrogen (secondary N) is 1. The predicted octanol–water partition coefficient (Wildman–Crippen LogP) is 3.55. The van der Waals surface area contributed by atoms with Gasteiger partial charge in [-0.1, -0.05) is 24.6 Å². The van der Waals surface area contributed by atoms with Gasteiger partial charge in [0.05, 0.1) is 11.6 Å². The van der Waals surface area contributed by atoms with Crippen molar-refractivity contribution in [3.63, 3.8) is 0 Å². The van der Waals surface area contributed by atoms with Crippen LogP contribution in [-0.2, 0) is 4.74 Å². The number of hydrogen-bond donors (Lipinski definition) is 1. The minimum Gasteiger partial charge on any atom is -0.383 e. The van der Waals surface area contributed by atoms with Gasteiger partial charge in [-0.25, -0.2) is 4.39 Å². The molecule has 1 aromatic carbocycles. The molecular weight excluding hydrogens is 241 g/mol. The average Bonchev–Trinajstić information content (AvgIpc) is 2.31. The first-order chi connectivity index (χ1) is 8.08. The summed E-state index contributed by atoms with van der Waals surface area (Å²) in [4.78, 5) is 0. The highest BCUT2D eigenvalue weighted by molar-refractivity contribution is 6.30. The molecule has 17 heavy (non-hydrogen) atoms. The minimum absolute atomic E-state index is 0.119. The van der Waals surface area contributed by atoms with E-state index in [4.69, 9.17) is 16.3 Å². The molecule has 0 saturated heterocycles. The Hall–Kier alpha value is -0.640. The lowest BCUT2D eigenvalue weighted by molar-refractivity contribution is 0.159. The molecule has 96 valence electrons. The molecule has 0 amide bonds. The molecule has 1 rings (SSSR count). The lowest BCUT2D eigenvalue weighted by atomic mass is 10.1. The minimum atomic E-state index is -0.383. The second-order valence-electron chi connectivity index (χ2n) is 4.12. The molecule has 0 aliphatic heterocycles. The van der Waals surface area contributed by atoms with Gasteiger partial charge in [0, 0.05) is 19.2 Å². The van der Waals surface area contributed by atoms with E-state index in [1.807, 2.05) is 6.92 Å². The molecule has 1 aromatic rings. The van der Waals surface area contributed by atoms with E-state index in [9.17, 15) is 4.39 Å². The molecule has 2 unspecified atom stereocenters. The van der Waals surface area contributed by atoms with Gasteiger partial charge in [-0.05, 0) is 31.0 Å². The molecule has 0 aromatic heterocycles. The van der Waals surface area contributed by atoms with E-state index in [-0.39, 0.29) is 16.9 Å². The average molecular weight is 260 g/mol. The molecule has 0 fully saturated rings. The van der Waals surface area contributed by atoms with E-state index < -0.39 is 0 Å². The Morgan fingerprint density at radius 1 is 1.47 bits per heavy atom. The summed E-state index contributed by atoms with van der Waals surface area (Å²) in [6.45, 7) is 4.79. The third-order valence-corrected chi connectivity index (χ3v) is 3.08. The molecule has 0 radical (unpaired) electrons. The molecule has 0 heterocycles. The molecule has 2 atom stereocenters. The second-order valence-corrected chi connectivity index (χ2v) is 4.53. The second kappa shape index (κ2) is 6.94. The van der Waals surface area contributed by atoms with Gasteiger partial charge in [-0.15, -0.1) is 0 Å². The zero-order chi connectivity index (χ0) is 12.8. The van der Waals surface area contributed by atoms with E-state index in [2.05, 4.69) is 12.2 Å². The van der Waals surface area contributed by atoms with Crippen LogP contribution < -0.4 is 5.32 Å². The van der Waals surface area contributed by atoms with Crippen molar-refractivity contribution in [3.8, 4) is 0 Å². The Kier molecular flexibility index (Phi) is 5.89. The molecule has 0 saturated carbocycles. The molecule has 0 aliphatic rings. The molecule has 4 heteroatoms. The number of ether oxygens (including phenoxy) is 1. The fourth-order valence-electron chi connectivity index (χ4n) is 1.72. The third kappa shape index (κ3) is 4.26. The van der Waals surface area contributed by atoms with Crippen molar-refractivity contribution in [1.82, 2.24) is 5.32 Å². The van der Waals surface area contributed by atoms with Gasteiger partial charge in [-0.3, -0.25) is 0 Å². The van der Waals surface area contributed by atoms with Crippen LogP contribution in [0.2, 0.25) is 5.02 Å². The first-order valence-corrected chi connectivity index (χ1v) is 6.16. The molecule has 0 bridgehead atoms. The zero-order valence-corrected chi connectivity index (χ0v) is 11.2. The fraction of sp³-hybridized carbons (Fsp3) is 0.538. The third-order valence-electron chi connectivity index (χ3n) is 2.79. The topological polar surface area (TPSA) is 21.3 Å². The quantitative estimate of drug-likeness (QED) is 0.844. The number of benzene rings is 1. The van der Waals surface area contributed by atoms with Crippen LogP contribution in [0.5, 0.6) is 0 Å². The monoisotopic (exact) mass is 259 g/mol. The van der Waals surface area contributed by atoms with Crippen LogP contribution in [0.3, 0.4) is 0 Å². The van der Waals surface area contributed by atoms with E-state index >= 15 is 0 Å². The van der Waals surface area contributed by atoms with E-state index in [1.165, 1.54) is 6.07 Å². The summed E-state index contributed by atoms with van der Waals surface area (Å²) < 4.78 is 18.2. The maximum Gasteiger partial charge on any atom is 0.141 e. The van der Waals surface area contributed by atoms with Crippen LogP contribution in [-0.4, -0.2) is 19.8 Å². The summed E-state index contributed by atoms with van der Waals surface area (Å²) in [5, 5.41) is 3.59. The van der Waals surface area contributed by atoms with E-state index in [0.717, 1.165) is 12.0 Å². The fourth-order valence-corrected chi connectivity index (χ4v) is 1.91. The summed E-state index contributed by atoms with van der Waals surface area (Å²) in [5.74, 6) is -0.383. The zero-order valence-electron chi connectivity index (χ0n) is 10.5. The summed E-state index contributed by atoms with van der Waals surface area (Å²) >= 11 is 5.76. The molecule has 0 spiro atoms. The smallest absolute Gasteiger partial charge is 0.141 e. The summed E-state index contributed by atoms with van der Waals surface area (Å²) in [6, 6.07) is 5.21. The largest absolute Gasteiger partial charge is 0.383 e. The highest BCUT2D eigenvalue weighted by atomic mass is 35.5.